The number of ketones is 2. The van der Waals surface area contributed by atoms with Crippen molar-refractivity contribution in [3.8, 4) is 29.1 Å². The highest BCUT2D eigenvalue weighted by Crippen LogP contribution is 2.33. The third kappa shape index (κ3) is 30.1. The van der Waals surface area contributed by atoms with Crippen LogP contribution < -0.4 is 78.3 Å². The summed E-state index contributed by atoms with van der Waals surface area (Å²) < 4.78 is 30.7. The number of hydrogen-bond donors (Lipinski definition) is 16. The summed E-state index contributed by atoms with van der Waals surface area (Å²) >= 11 is 0. The fourth-order valence-electron chi connectivity index (χ4n) is 16.5. The maximum atomic E-state index is 13.2. The first-order chi connectivity index (χ1) is 63.8. The number of methoxy groups -OCH3 is 6. The molecule has 8 aromatic rings. The maximum Gasteiger partial charge on any atom is 0.352 e. The number of H-pyrrole nitrogens is 4. The van der Waals surface area contributed by atoms with Gasteiger partial charge in [-0.05, 0) is 174 Å². The predicted octanol–water partition coefficient (Wildman–Crippen LogP) is 7.78. The fraction of sp³-hybridized carbons (Fsp3) is 0.500. The number of nitrogens with zero attached hydrogens (tertiary/aromatic N) is 1. The molecule has 0 bridgehead atoms. The molecular weight excluding hydrogens is 1730 g/mol. The van der Waals surface area contributed by atoms with Gasteiger partial charge in [-0.25, -0.2) is 14.4 Å². The largest absolute Gasteiger partial charge is 0.496 e. The van der Waals surface area contributed by atoms with Crippen LogP contribution in [0.4, 0.5) is 0 Å². The number of amides is 10. The maximum absolute atomic E-state index is 13.2. The summed E-state index contributed by atoms with van der Waals surface area (Å²) in [5.41, 5.74) is 15.6. The number of primary amides is 1. The van der Waals surface area contributed by atoms with E-state index in [4.69, 9.17) is 45.0 Å². The number of ether oxygens (including phenoxy) is 6. The molecule has 8 heterocycles. The second kappa shape index (κ2) is 50.7. The Kier molecular flexibility index (Phi) is 39.9. The molecule has 4 saturated heterocycles. The molecule has 38 heteroatoms. The minimum atomic E-state index is -0.969. The van der Waals surface area contributed by atoms with Gasteiger partial charge in [-0.2, -0.15) is 5.26 Å². The Morgan fingerprint density at radius 1 is 0.410 bits per heavy atom. The molecule has 12 rings (SSSR count). The Morgan fingerprint density at radius 2 is 0.731 bits per heavy atom. The number of nitrogens with one attached hydrogen (secondary N) is 13. The van der Waals surface area contributed by atoms with Crippen molar-refractivity contribution < 1.29 is 105 Å². The first kappa shape index (κ1) is 105. The molecule has 4 aromatic heterocycles. The Hall–Kier alpha value is -13.9. The second-order valence-corrected chi connectivity index (χ2v) is 35.4. The number of carbonyl (C=O) groups is 15. The number of nitrogens with two attached hydrogens (primary N) is 2. The number of aromatic carboxylic acids is 1. The summed E-state index contributed by atoms with van der Waals surface area (Å²) in [5.74, 6) is -4.99. The molecule has 0 saturated carbocycles. The first-order valence-corrected chi connectivity index (χ1v) is 45.0. The molecule has 724 valence electrons. The molecule has 18 N–H and O–H groups in total. The summed E-state index contributed by atoms with van der Waals surface area (Å²) in [5, 5.41) is 45.8. The molecule has 10 amide bonds. The summed E-state index contributed by atoms with van der Waals surface area (Å²) in [6, 6.07) is 25.6. The van der Waals surface area contributed by atoms with Crippen LogP contribution >= 0.6 is 0 Å². The Balaban J connectivity index is 0.000000212. The number of carboxylic acids is 1. The lowest BCUT2D eigenvalue weighted by atomic mass is 9.90. The van der Waals surface area contributed by atoms with Gasteiger partial charge in [-0.1, -0.05) is 79.7 Å². The molecule has 38 nitrogen and oxygen atoms in total. The van der Waals surface area contributed by atoms with Gasteiger partial charge >= 0.3 is 17.9 Å². The van der Waals surface area contributed by atoms with Crippen molar-refractivity contribution >= 4 is 132 Å². The highest BCUT2D eigenvalue weighted by molar-refractivity contribution is 6.05. The van der Waals surface area contributed by atoms with Gasteiger partial charge in [-0.15, -0.1) is 0 Å². The number of fused-ring (bicyclic) bond motifs is 4. The molecule has 134 heavy (non-hydrogen) atoms. The van der Waals surface area contributed by atoms with E-state index in [0.717, 1.165) is 43.6 Å². The molecule has 0 aliphatic carbocycles. The van der Waals surface area contributed by atoms with Gasteiger partial charge in [0.05, 0.1) is 66.2 Å². The number of carbonyl (C=O) groups excluding carboxylic acids is 14. The van der Waals surface area contributed by atoms with Crippen molar-refractivity contribution in [1.29, 1.82) is 5.26 Å². The van der Waals surface area contributed by atoms with Crippen LogP contribution in [0.3, 0.4) is 0 Å². The molecule has 0 spiro atoms. The molecule has 12 atom stereocenters. The standard InChI is InChI=1S/C25H33N3O6.C24H32N4O5.C23H29N5O4.C14H25N3O4.C10H9NO3/c1-14(2)10-16(12-21(29)19-13-17-18(27-19)6-5-7-22(17)33-3)24(31)28-20(25(32)34-4)11-15-8-9-26-23(15)30;1-13(2)9-15(24(32)28-19(22(25)30)10-14-7-8-26-23(14)31)11-20(29)18-12-16-17(27-18)5-4-6-21(16)33-3;1-13(2)9-18(22(30)26-15(12-24)10-14-7-8-25-21(14)29)28-23(31)19-11-16-17(27-19)5-4-6-20(16)32-3;1-8(2)6-10(15)13(19)17-11(14(20)21-3)7-9-4-5-16-12(9)18;1-14-9-4-2-3-7-6(9)5-8(11-7)10(12)13/h5-7,13-16,20,27H,8-12H2,1-4H3,(H,26,30)(H,28,31);4-6,12-15,19,27H,7-11H2,1-3H3,(H2,25,30)(H,26,31)(H,28,32);4-6,11,13-15,18,27H,7-10H2,1-3H3,(H,25,29)(H,26,30)(H,28,31);8-11H,4-7,15H2,1-3H3,(H,16,18)(H,17,19);2-5,11H,1H3,(H,12,13)/t15-,16+,20-;14-,15+,19-;14-,15-,18-;9-,10-,11-;/m0000./s1. The summed E-state index contributed by atoms with van der Waals surface area (Å²) in [6.07, 6.45) is 5.12. The lowest BCUT2D eigenvalue weighted by molar-refractivity contribution is -0.146. The SMILES string of the molecule is COC(=O)[C@H](C[C@@H]1CCNC1=O)NC(=O)[C@@H](CC(=O)c1cc2c(OC)cccc2[nH]1)CC(C)C.COC(=O)[C@H](C[C@@H]1CCNC1=O)NC(=O)[C@@H](N)CC(C)C.COc1cccc2[nH]c(C(=O)C[C@@H](CC(C)C)C(=O)N[C@@H](C[C@@H]3CCNC3=O)C(N)=O)cc12.COc1cccc2[nH]c(C(=O)N[C@@H](CC(C)C)C(=O)N[C@H](C#N)C[C@@H]3CCNC3=O)cc12.COc1cccc2[nH]c(C(=O)O)cc12. The monoisotopic (exact) mass is 1860 g/mol. The van der Waals surface area contributed by atoms with Gasteiger partial charge in [0.2, 0.25) is 53.2 Å². The molecule has 4 aliphatic heterocycles. The number of hydrogen-bond acceptors (Lipinski definition) is 23. The lowest BCUT2D eigenvalue weighted by Crippen LogP contribution is -2.50. The van der Waals surface area contributed by atoms with Gasteiger partial charge in [0.15, 0.2) is 11.6 Å². The Bertz CT molecular complexity index is 5530. The van der Waals surface area contributed by atoms with Crippen LogP contribution in [-0.4, -0.2) is 219 Å². The summed E-state index contributed by atoms with van der Waals surface area (Å²) in [6.45, 7) is 18.0. The van der Waals surface area contributed by atoms with Gasteiger partial charge in [0.1, 0.15) is 64.6 Å². The zero-order valence-electron chi connectivity index (χ0n) is 78.3. The number of benzene rings is 4. The zero-order valence-corrected chi connectivity index (χ0v) is 78.3. The fourth-order valence-corrected chi connectivity index (χ4v) is 16.5. The van der Waals surface area contributed by atoms with E-state index in [2.05, 4.69) is 73.9 Å². The van der Waals surface area contributed by atoms with Crippen LogP contribution in [0.2, 0.25) is 0 Å². The van der Waals surface area contributed by atoms with Gasteiger partial charge < -0.3 is 113 Å². The molecule has 4 fully saturated rings. The quantitative estimate of drug-likeness (QED) is 0.0129. The van der Waals surface area contributed by atoms with E-state index in [1.54, 1.807) is 64.8 Å². The van der Waals surface area contributed by atoms with Gasteiger partial charge in [-0.3, -0.25) is 57.5 Å². The molecule has 0 radical (unpaired) electrons. The van der Waals surface area contributed by atoms with E-state index in [9.17, 15) is 77.2 Å². The highest BCUT2D eigenvalue weighted by Gasteiger charge is 2.39. The van der Waals surface area contributed by atoms with E-state index in [-0.39, 0.29) is 127 Å². The smallest absolute Gasteiger partial charge is 0.352 e. The molecule has 4 aromatic carbocycles. The van der Waals surface area contributed by atoms with Crippen LogP contribution in [0, 0.1) is 70.5 Å². The molecular formula is C96H128N16O22. The minimum absolute atomic E-state index is 0.0169. The molecule has 4 aliphatic rings. The van der Waals surface area contributed by atoms with Crippen molar-refractivity contribution in [1.82, 2.24) is 67.8 Å². The van der Waals surface area contributed by atoms with Crippen LogP contribution in [0.15, 0.2) is 97.1 Å². The van der Waals surface area contributed by atoms with E-state index >= 15 is 0 Å². The normalized spacial score (nSPS) is 17.2. The van der Waals surface area contributed by atoms with Crippen LogP contribution in [0.5, 0.6) is 23.0 Å². The highest BCUT2D eigenvalue weighted by atomic mass is 16.5. The number of carboxylic acid groups (broad SMARTS) is 1. The average Bonchev–Trinajstić information content (AvgIpc) is 1.67. The first-order valence-electron chi connectivity index (χ1n) is 45.0. The predicted molar refractivity (Wildman–Crippen MR) is 498 cm³/mol. The van der Waals surface area contributed by atoms with Crippen molar-refractivity contribution in [3.63, 3.8) is 0 Å². The van der Waals surface area contributed by atoms with Crippen LogP contribution in [-0.2, 0) is 62.2 Å². The average molecular weight is 1860 g/mol. The van der Waals surface area contributed by atoms with Gasteiger partial charge in [0, 0.05) is 118 Å². The number of aromatic amines is 4. The van der Waals surface area contributed by atoms with E-state index < -0.39 is 101 Å². The lowest BCUT2D eigenvalue weighted by Gasteiger charge is -2.23. The number of Topliss-reactive ketones (excluding diaryl/α,β-unsaturated/α-hetero) is 2. The van der Waals surface area contributed by atoms with Gasteiger partial charge in [0.25, 0.3) is 5.91 Å². The minimum Gasteiger partial charge on any atom is -0.496 e. The van der Waals surface area contributed by atoms with Crippen molar-refractivity contribution in [2.24, 2.45) is 70.6 Å². The topological polar surface area (TPSA) is 579 Å². The number of rotatable bonds is 40. The van der Waals surface area contributed by atoms with Crippen molar-refractivity contribution in [2.45, 2.75) is 182 Å². The second-order valence-electron chi connectivity index (χ2n) is 35.4. The number of nitriles is 1. The van der Waals surface area contributed by atoms with Crippen LogP contribution in [0.1, 0.15) is 187 Å². The zero-order chi connectivity index (χ0) is 98.3. The van der Waals surface area contributed by atoms with E-state index in [1.165, 1.54) is 14.2 Å². The van der Waals surface area contributed by atoms with Crippen LogP contribution in [0.25, 0.3) is 43.6 Å². The molecule has 0 unspecified atom stereocenters. The number of esters is 2. The number of aromatic nitrogens is 4. The van der Waals surface area contributed by atoms with Crippen molar-refractivity contribution in [2.75, 3.05) is 68.8 Å². The third-order valence-electron chi connectivity index (χ3n) is 23.4. The third-order valence-corrected chi connectivity index (χ3v) is 23.4. The summed E-state index contributed by atoms with van der Waals surface area (Å²) in [7, 11) is 8.75. The Morgan fingerprint density at radius 3 is 1.05 bits per heavy atom. The van der Waals surface area contributed by atoms with E-state index in [0.29, 0.717) is 118 Å². The van der Waals surface area contributed by atoms with E-state index in [1.807, 2.05) is 116 Å². The van der Waals surface area contributed by atoms with Crippen molar-refractivity contribution in [3.05, 3.63) is 120 Å². The Labute approximate surface area is 776 Å². The summed E-state index contributed by atoms with van der Waals surface area (Å²) in [4.78, 5) is 196.